The second kappa shape index (κ2) is 14.1. The molecule has 0 aliphatic heterocycles. The molecule has 16 heteroatoms. The van der Waals surface area contributed by atoms with Crippen LogP contribution in [0.15, 0.2) is 118 Å². The lowest BCUT2D eigenvalue weighted by molar-refractivity contribution is 0.448. The van der Waals surface area contributed by atoms with Crippen LogP contribution >= 0.6 is 23.2 Å². The summed E-state index contributed by atoms with van der Waals surface area (Å²) in [5.74, 6) is -0.388. The molecule has 278 valence electrons. The molecule has 0 aliphatic rings. The zero-order valence-corrected chi connectivity index (χ0v) is 31.8. The molecule has 0 spiro atoms. The van der Waals surface area contributed by atoms with Gasteiger partial charge in [-0.05, 0) is 80.1 Å². The van der Waals surface area contributed by atoms with Crippen molar-refractivity contribution in [3.05, 3.63) is 135 Å². The molecule has 5 aromatic heterocycles. The first-order valence-corrected chi connectivity index (χ1v) is 18.2. The summed E-state index contributed by atoms with van der Waals surface area (Å²) in [5, 5.41) is 59.1. The number of nitrogens with zero attached hydrogens (tertiary/aromatic N) is 12. The van der Waals surface area contributed by atoms with Crippen LogP contribution in [0.25, 0.3) is 60.7 Å². The molecule has 4 aromatic carbocycles. The highest BCUT2D eigenvalue weighted by Crippen LogP contribution is 2.43. The molecule has 0 unspecified atom stereocenters. The molecule has 0 radical (unpaired) electrons. The number of pyridine rings is 2. The number of imidazole rings is 2. The fourth-order valence-corrected chi connectivity index (χ4v) is 7.21. The summed E-state index contributed by atoms with van der Waals surface area (Å²) in [6, 6.07) is 30.6. The van der Waals surface area contributed by atoms with E-state index in [1.54, 1.807) is 80.6 Å². The predicted molar refractivity (Wildman–Crippen MR) is 220 cm³/mol. The van der Waals surface area contributed by atoms with Gasteiger partial charge in [0.15, 0.2) is 11.3 Å². The van der Waals surface area contributed by atoms with Crippen molar-refractivity contribution in [2.45, 2.75) is 13.8 Å². The number of azo groups is 2. The number of fused-ring (bicyclic) bond motifs is 6. The molecule has 14 nitrogen and oxygen atoms in total. The lowest BCUT2D eigenvalue weighted by atomic mass is 10.1. The summed E-state index contributed by atoms with van der Waals surface area (Å²) in [6.07, 6.45) is 0. The van der Waals surface area contributed by atoms with E-state index in [4.69, 9.17) is 29.8 Å². The van der Waals surface area contributed by atoms with Gasteiger partial charge in [0.25, 0.3) is 0 Å². The average Bonchev–Trinajstić information content (AvgIpc) is 3.81. The van der Waals surface area contributed by atoms with Gasteiger partial charge in [0.05, 0.1) is 50.1 Å². The predicted octanol–water partition coefficient (Wildman–Crippen LogP) is 12.0. The summed E-state index contributed by atoms with van der Waals surface area (Å²) in [4.78, 5) is 12.7. The number of hydrogen-bond donors (Lipinski definition) is 2. The van der Waals surface area contributed by atoms with E-state index in [-0.39, 0.29) is 44.4 Å². The number of hydrogen-bond acceptors (Lipinski definition) is 11. The first-order chi connectivity index (χ1) is 28.2. The van der Waals surface area contributed by atoms with Gasteiger partial charge in [0.2, 0.25) is 17.4 Å². The second-order valence-electron chi connectivity index (χ2n) is 13.1. The molecule has 0 saturated carbocycles. The van der Waals surface area contributed by atoms with Crippen molar-refractivity contribution in [1.82, 2.24) is 29.0 Å². The molecule has 9 rings (SSSR count). The molecule has 0 saturated heterocycles. The Morgan fingerprint density at radius 2 is 1.14 bits per heavy atom. The molecule has 0 atom stereocenters. The van der Waals surface area contributed by atoms with Gasteiger partial charge in [-0.25, -0.2) is 14.8 Å². The lowest BCUT2D eigenvalue weighted by Gasteiger charge is -2.09. The van der Waals surface area contributed by atoms with Gasteiger partial charge in [-0.2, -0.15) is 5.26 Å². The van der Waals surface area contributed by atoms with Crippen LogP contribution in [-0.4, -0.2) is 39.2 Å². The van der Waals surface area contributed by atoms with Crippen LogP contribution in [0.1, 0.15) is 16.7 Å². The lowest BCUT2D eigenvalue weighted by Crippen LogP contribution is -1.95. The van der Waals surface area contributed by atoms with Gasteiger partial charge in [-0.1, -0.05) is 59.6 Å². The Labute approximate surface area is 338 Å². The van der Waals surface area contributed by atoms with Gasteiger partial charge < -0.3 is 10.2 Å². The number of nitriles is 1. The van der Waals surface area contributed by atoms with Gasteiger partial charge in [-0.3, -0.25) is 8.80 Å². The van der Waals surface area contributed by atoms with E-state index in [0.717, 1.165) is 0 Å². The van der Waals surface area contributed by atoms with Crippen LogP contribution < -0.4 is 0 Å². The zero-order valence-electron chi connectivity index (χ0n) is 30.3. The third-order valence-corrected chi connectivity index (χ3v) is 10.3. The van der Waals surface area contributed by atoms with Crippen molar-refractivity contribution in [2.75, 3.05) is 0 Å². The van der Waals surface area contributed by atoms with Crippen molar-refractivity contribution >= 4 is 85.0 Å². The monoisotopic (exact) mass is 798 g/mol. The van der Waals surface area contributed by atoms with Gasteiger partial charge in [0.1, 0.15) is 34.3 Å². The van der Waals surface area contributed by atoms with E-state index < -0.39 is 0 Å². The average molecular weight is 800 g/mol. The number of benzene rings is 4. The van der Waals surface area contributed by atoms with Crippen molar-refractivity contribution < 1.29 is 10.2 Å². The minimum atomic E-state index is -0.198. The van der Waals surface area contributed by atoms with E-state index >= 15 is 0 Å². The topological polar surface area (TPSA) is 178 Å². The number of aromatic nitrogens is 6. The molecular weight excluding hydrogens is 775 g/mol. The quantitative estimate of drug-likeness (QED) is 0.124. The van der Waals surface area contributed by atoms with E-state index in [0.29, 0.717) is 78.4 Å². The number of halogens is 2. The summed E-state index contributed by atoms with van der Waals surface area (Å²) in [6.45, 7) is 11.1. The maximum atomic E-state index is 11.2. The molecular formula is C42H24Cl2N12O2. The normalized spacial score (nSPS) is 11.8. The summed E-state index contributed by atoms with van der Waals surface area (Å²) in [7, 11) is 0. The molecule has 0 amide bonds. The third kappa shape index (κ3) is 5.79. The fourth-order valence-electron chi connectivity index (χ4n) is 6.77. The van der Waals surface area contributed by atoms with E-state index in [1.165, 1.54) is 8.80 Å². The summed E-state index contributed by atoms with van der Waals surface area (Å²) < 4.78 is 2.99. The molecule has 5 heterocycles. The Kier molecular flexibility index (Phi) is 8.70. The highest BCUT2D eigenvalue weighted by molar-refractivity contribution is 6.33. The Bertz CT molecular complexity index is 3120. The standard InChI is InChI=1S/C42H24Cl2N12O2/c1-21-25(20-45)39-47-32-8-4-6-10-34(32)55(39)41(57)37(21)53-51-30-14-12-23(18-26(30)43)28-16-17-29(50-49-28)24-13-15-31(27(44)19-24)52-54-38-22(2)36(46-3)40-48-33-9-5-7-11-35(33)56(40)42(38)58/h4-19,57-58H,1-2H3. The van der Waals surface area contributed by atoms with Crippen molar-refractivity contribution in [2.24, 2.45) is 20.5 Å². The van der Waals surface area contributed by atoms with Crippen LogP contribution in [0.2, 0.25) is 10.0 Å². The zero-order chi connectivity index (χ0) is 40.2. The highest BCUT2D eigenvalue weighted by Gasteiger charge is 2.22. The number of rotatable bonds is 6. The van der Waals surface area contributed by atoms with E-state index in [1.807, 2.05) is 30.3 Å². The van der Waals surface area contributed by atoms with Crippen molar-refractivity contribution in [3.63, 3.8) is 0 Å². The smallest absolute Gasteiger partial charge is 0.234 e. The Hall–Kier alpha value is -7.78. The maximum absolute atomic E-state index is 11.2. The molecule has 2 N–H and O–H groups in total. The van der Waals surface area contributed by atoms with Crippen LogP contribution in [0.5, 0.6) is 11.8 Å². The van der Waals surface area contributed by atoms with E-state index in [9.17, 15) is 15.5 Å². The number of para-hydroxylation sites is 4. The van der Waals surface area contributed by atoms with Crippen molar-refractivity contribution in [3.8, 4) is 40.3 Å². The molecule has 9 aromatic rings. The minimum Gasteiger partial charge on any atom is -0.493 e. The Morgan fingerprint density at radius 3 is 1.62 bits per heavy atom. The minimum absolute atomic E-state index is 0.121. The van der Waals surface area contributed by atoms with Crippen LogP contribution in [-0.2, 0) is 0 Å². The van der Waals surface area contributed by atoms with Crippen LogP contribution in [0.4, 0.5) is 28.4 Å². The Morgan fingerprint density at radius 1 is 0.655 bits per heavy atom. The molecule has 58 heavy (non-hydrogen) atoms. The van der Waals surface area contributed by atoms with Gasteiger partial charge in [-0.15, -0.1) is 30.7 Å². The molecule has 0 fully saturated rings. The summed E-state index contributed by atoms with van der Waals surface area (Å²) in [5.41, 5.74) is 7.97. The Balaban J connectivity index is 0.956. The van der Waals surface area contributed by atoms with Gasteiger partial charge >= 0.3 is 0 Å². The van der Waals surface area contributed by atoms with Gasteiger partial charge in [0, 0.05) is 16.7 Å². The van der Waals surface area contributed by atoms with E-state index in [2.05, 4.69) is 51.5 Å². The maximum Gasteiger partial charge on any atom is 0.234 e. The number of aromatic hydroxyl groups is 2. The van der Waals surface area contributed by atoms with Crippen LogP contribution in [0, 0.1) is 31.8 Å². The highest BCUT2D eigenvalue weighted by atomic mass is 35.5. The molecule has 0 aliphatic carbocycles. The first kappa shape index (κ1) is 35.9. The fraction of sp³-hybridized carbons (Fsp3) is 0.0476. The third-order valence-electron chi connectivity index (χ3n) is 9.74. The summed E-state index contributed by atoms with van der Waals surface area (Å²) >= 11 is 13.3. The van der Waals surface area contributed by atoms with Crippen molar-refractivity contribution in [1.29, 1.82) is 5.26 Å². The SMILES string of the molecule is [C-]#[N+]c1c(C)c(N=Nc2ccc(-c3ccc(-c4ccc(N=Nc5c(C)c(C#N)c6nc7ccccc7n6c5O)c(Cl)c4)nn3)cc2Cl)c(O)n2c1nc1ccccc12. The molecule has 0 bridgehead atoms. The van der Waals surface area contributed by atoms with Crippen LogP contribution in [0.3, 0.4) is 0 Å². The first-order valence-electron chi connectivity index (χ1n) is 17.5. The second-order valence-corrected chi connectivity index (χ2v) is 13.9. The largest absolute Gasteiger partial charge is 0.493 e.